The van der Waals surface area contributed by atoms with E-state index in [0.29, 0.717) is 22.1 Å². The van der Waals surface area contributed by atoms with Crippen LogP contribution in [0.2, 0.25) is 0 Å². The van der Waals surface area contributed by atoms with Crippen molar-refractivity contribution in [3.8, 4) is 11.4 Å². The predicted octanol–water partition coefficient (Wildman–Crippen LogP) is 3.71. The zero-order chi connectivity index (χ0) is 22.4. The van der Waals surface area contributed by atoms with E-state index >= 15 is 0 Å². The fourth-order valence-corrected chi connectivity index (χ4v) is 4.00. The minimum Gasteiger partial charge on any atom is -0.479 e. The summed E-state index contributed by atoms with van der Waals surface area (Å²) < 4.78 is 0. The molecule has 32 heavy (non-hydrogen) atoms. The molecule has 1 amide bonds. The van der Waals surface area contributed by atoms with Gasteiger partial charge in [0.1, 0.15) is 0 Å². The number of H-pyrrole nitrogens is 1. The van der Waals surface area contributed by atoms with E-state index in [-0.39, 0.29) is 5.75 Å². The van der Waals surface area contributed by atoms with Gasteiger partial charge in [-0.15, -0.1) is 5.10 Å². The number of rotatable bonds is 8. The summed E-state index contributed by atoms with van der Waals surface area (Å²) in [6, 6.07) is 26.9. The zero-order valence-corrected chi connectivity index (χ0v) is 17.8. The maximum Gasteiger partial charge on any atom is 0.338 e. The van der Waals surface area contributed by atoms with Gasteiger partial charge in [0, 0.05) is 5.56 Å². The molecule has 0 saturated heterocycles. The summed E-state index contributed by atoms with van der Waals surface area (Å²) in [6.07, 6.45) is 0. The molecule has 0 atom stereocenters. The monoisotopic (exact) mass is 444 g/mol. The molecule has 0 unspecified atom stereocenters. The van der Waals surface area contributed by atoms with Crippen molar-refractivity contribution in [3.05, 3.63) is 102 Å². The molecule has 1 heterocycles. The number of hydrogen-bond donors (Lipinski definition) is 3. The normalized spacial score (nSPS) is 11.1. The lowest BCUT2D eigenvalue weighted by Gasteiger charge is -2.31. The quantitative estimate of drug-likeness (QED) is 0.358. The second kappa shape index (κ2) is 9.49. The van der Waals surface area contributed by atoms with Gasteiger partial charge in [-0.2, -0.15) is 0 Å². The highest BCUT2D eigenvalue weighted by Gasteiger charge is 2.43. The van der Waals surface area contributed by atoms with Gasteiger partial charge in [-0.25, -0.2) is 9.78 Å². The number of carboxylic acid groups (broad SMARTS) is 1. The molecule has 0 aliphatic rings. The SMILES string of the molecule is O=C(CSc1n[nH]c(-c2ccccc2)n1)NC(C(=O)O)(c1ccccc1)c1ccccc1. The van der Waals surface area contributed by atoms with Gasteiger partial charge in [0.15, 0.2) is 11.4 Å². The Hall–Kier alpha value is -3.91. The Labute approximate surface area is 188 Å². The third-order valence-corrected chi connectivity index (χ3v) is 5.75. The average Bonchev–Trinajstić information content (AvgIpc) is 3.32. The van der Waals surface area contributed by atoms with Crippen LogP contribution in [0.5, 0.6) is 0 Å². The fraction of sp³-hybridized carbons (Fsp3) is 0.0833. The summed E-state index contributed by atoms with van der Waals surface area (Å²) in [4.78, 5) is 29.8. The van der Waals surface area contributed by atoms with Gasteiger partial charge < -0.3 is 10.4 Å². The number of carbonyl (C=O) groups is 2. The third-order valence-electron chi connectivity index (χ3n) is 4.91. The van der Waals surface area contributed by atoms with Crippen LogP contribution >= 0.6 is 11.8 Å². The van der Waals surface area contributed by atoms with Crippen molar-refractivity contribution in [1.29, 1.82) is 0 Å². The second-order valence-electron chi connectivity index (χ2n) is 6.96. The molecule has 7 nitrogen and oxygen atoms in total. The van der Waals surface area contributed by atoms with Crippen LogP contribution in [0.3, 0.4) is 0 Å². The molecule has 0 saturated carbocycles. The Balaban J connectivity index is 1.55. The van der Waals surface area contributed by atoms with E-state index in [4.69, 9.17) is 0 Å². The summed E-state index contributed by atoms with van der Waals surface area (Å²) in [5, 5.41) is 20.4. The molecule has 4 aromatic rings. The summed E-state index contributed by atoms with van der Waals surface area (Å²) in [6.45, 7) is 0. The van der Waals surface area contributed by atoms with Crippen molar-refractivity contribution in [2.45, 2.75) is 10.7 Å². The van der Waals surface area contributed by atoms with E-state index in [1.165, 1.54) is 0 Å². The van der Waals surface area contributed by atoms with Gasteiger partial charge in [-0.3, -0.25) is 9.89 Å². The highest BCUT2D eigenvalue weighted by molar-refractivity contribution is 7.99. The van der Waals surface area contributed by atoms with Crippen molar-refractivity contribution in [1.82, 2.24) is 20.5 Å². The number of nitrogens with one attached hydrogen (secondary N) is 2. The van der Waals surface area contributed by atoms with Crippen molar-refractivity contribution in [3.63, 3.8) is 0 Å². The number of hydrogen-bond acceptors (Lipinski definition) is 5. The topological polar surface area (TPSA) is 108 Å². The van der Waals surface area contributed by atoms with Gasteiger partial charge in [-0.05, 0) is 11.1 Å². The number of benzene rings is 3. The fourth-order valence-electron chi connectivity index (χ4n) is 3.40. The Morgan fingerprint density at radius 3 is 1.94 bits per heavy atom. The molecule has 4 rings (SSSR count). The van der Waals surface area contributed by atoms with Gasteiger partial charge in [0.25, 0.3) is 0 Å². The van der Waals surface area contributed by atoms with Crippen LogP contribution in [0.1, 0.15) is 11.1 Å². The van der Waals surface area contributed by atoms with Gasteiger partial charge in [-0.1, -0.05) is 103 Å². The highest BCUT2D eigenvalue weighted by atomic mass is 32.2. The van der Waals surface area contributed by atoms with Crippen LogP contribution < -0.4 is 5.32 Å². The Bertz CT molecular complexity index is 1160. The molecule has 3 aromatic carbocycles. The van der Waals surface area contributed by atoms with Crippen LogP contribution in [0.15, 0.2) is 96.2 Å². The van der Waals surface area contributed by atoms with Crippen molar-refractivity contribution in [2.24, 2.45) is 0 Å². The molecule has 8 heteroatoms. The van der Waals surface area contributed by atoms with Crippen LogP contribution in [0.4, 0.5) is 0 Å². The van der Waals surface area contributed by atoms with Gasteiger partial charge in [0.2, 0.25) is 11.1 Å². The molecular weight excluding hydrogens is 424 g/mol. The first-order chi connectivity index (χ1) is 15.6. The van der Waals surface area contributed by atoms with Crippen LogP contribution in [-0.4, -0.2) is 37.9 Å². The van der Waals surface area contributed by atoms with Crippen molar-refractivity contribution < 1.29 is 14.7 Å². The minimum absolute atomic E-state index is 0.0409. The molecule has 0 radical (unpaired) electrons. The number of carbonyl (C=O) groups excluding carboxylic acids is 1. The highest BCUT2D eigenvalue weighted by Crippen LogP contribution is 2.30. The predicted molar refractivity (Wildman–Crippen MR) is 122 cm³/mol. The standard InChI is InChI=1S/C24H20N4O3S/c29-20(16-32-23-25-21(27-28-23)17-10-4-1-5-11-17)26-24(22(30)31,18-12-6-2-7-13-18)19-14-8-3-9-15-19/h1-15H,16H2,(H,26,29)(H,30,31)(H,25,27,28). The maximum absolute atomic E-state index is 12.9. The first-order valence-corrected chi connectivity index (χ1v) is 10.8. The number of aromatic nitrogens is 3. The lowest BCUT2D eigenvalue weighted by atomic mass is 9.82. The third kappa shape index (κ3) is 4.40. The van der Waals surface area contributed by atoms with E-state index in [1.54, 1.807) is 60.7 Å². The number of nitrogens with zero attached hydrogens (tertiary/aromatic N) is 2. The molecule has 3 N–H and O–H groups in total. The lowest BCUT2D eigenvalue weighted by Crippen LogP contribution is -2.53. The van der Waals surface area contributed by atoms with Gasteiger partial charge >= 0.3 is 5.97 Å². The number of thioether (sulfide) groups is 1. The van der Waals surface area contributed by atoms with Crippen LogP contribution in [0.25, 0.3) is 11.4 Å². The molecule has 1 aromatic heterocycles. The zero-order valence-electron chi connectivity index (χ0n) is 16.9. The summed E-state index contributed by atoms with van der Waals surface area (Å²) in [7, 11) is 0. The second-order valence-corrected chi connectivity index (χ2v) is 7.90. The van der Waals surface area contributed by atoms with Crippen LogP contribution in [0, 0.1) is 0 Å². The average molecular weight is 445 g/mol. The molecule has 160 valence electrons. The number of carboxylic acids is 1. The largest absolute Gasteiger partial charge is 0.479 e. The number of aliphatic carboxylic acids is 1. The van der Waals surface area contributed by atoms with E-state index in [9.17, 15) is 14.7 Å². The first-order valence-electron chi connectivity index (χ1n) is 9.85. The number of amides is 1. The van der Waals surface area contributed by atoms with Crippen molar-refractivity contribution >= 4 is 23.6 Å². The van der Waals surface area contributed by atoms with E-state index in [2.05, 4.69) is 20.5 Å². The van der Waals surface area contributed by atoms with Crippen molar-refractivity contribution in [2.75, 3.05) is 5.75 Å². The van der Waals surface area contributed by atoms with E-state index < -0.39 is 17.4 Å². The summed E-state index contributed by atoms with van der Waals surface area (Å²) in [5.41, 5.74) is 0.0888. The Morgan fingerprint density at radius 1 is 0.875 bits per heavy atom. The Kier molecular flexibility index (Phi) is 6.32. The Morgan fingerprint density at radius 2 is 1.41 bits per heavy atom. The first kappa shape index (κ1) is 21.3. The number of aromatic amines is 1. The van der Waals surface area contributed by atoms with E-state index in [0.717, 1.165) is 17.3 Å². The molecule has 0 bridgehead atoms. The molecule has 0 fully saturated rings. The molecule has 0 aliphatic heterocycles. The lowest BCUT2D eigenvalue weighted by molar-refractivity contribution is -0.145. The van der Waals surface area contributed by atoms with Crippen LogP contribution in [-0.2, 0) is 15.1 Å². The molecule has 0 aliphatic carbocycles. The maximum atomic E-state index is 12.9. The summed E-state index contributed by atoms with van der Waals surface area (Å²) >= 11 is 1.13. The summed E-state index contributed by atoms with van der Waals surface area (Å²) in [5.74, 6) is -1.06. The van der Waals surface area contributed by atoms with E-state index in [1.807, 2.05) is 30.3 Å². The smallest absolute Gasteiger partial charge is 0.338 e. The molecule has 0 spiro atoms. The van der Waals surface area contributed by atoms with Gasteiger partial charge in [0.05, 0.1) is 5.75 Å². The minimum atomic E-state index is -1.71. The molecular formula is C24H20N4O3S.